The summed E-state index contributed by atoms with van der Waals surface area (Å²) in [6.45, 7) is 0.103. The second-order valence-electron chi connectivity index (χ2n) is 8.56. The van der Waals surface area contributed by atoms with Gasteiger partial charge in [-0.25, -0.2) is 8.42 Å². The average Bonchev–Trinajstić information content (AvgIpc) is 2.72. The second kappa shape index (κ2) is 9.37. The van der Waals surface area contributed by atoms with Crippen LogP contribution in [0.1, 0.15) is 28.0 Å². The van der Waals surface area contributed by atoms with E-state index in [1.165, 1.54) is 24.3 Å². The summed E-state index contributed by atoms with van der Waals surface area (Å²) >= 11 is -0.308. The highest BCUT2D eigenvalue weighted by Gasteiger charge is 2.54. The van der Waals surface area contributed by atoms with Crippen LogP contribution in [0.3, 0.4) is 0 Å². The minimum atomic E-state index is -4.50. The third kappa shape index (κ3) is 5.49. The molecule has 1 saturated heterocycles. The summed E-state index contributed by atoms with van der Waals surface area (Å²) in [5, 5.41) is 10.1. The Bertz CT molecular complexity index is 1190. The highest BCUT2D eigenvalue weighted by Crippen LogP contribution is 2.45. The van der Waals surface area contributed by atoms with E-state index in [1.54, 1.807) is 0 Å². The first-order valence-corrected chi connectivity index (χ1v) is 13.3. The molecular weight excluding hydrogens is 483 g/mol. The summed E-state index contributed by atoms with van der Waals surface area (Å²) in [6, 6.07) is 24.5. The summed E-state index contributed by atoms with van der Waals surface area (Å²) in [5.41, 5.74) is -4.00. The number of likely N-dealkylation sites (tertiary alicyclic amines) is 1. The standard InChI is InChI=1S/C25H24F3NO3S2/c1-34(31,32)23(20-13-8-14-21(15-20)33-25(26,27)28)24(30)16-29(17-24)22(18-9-4-2-5-10-18)19-11-6-3-7-12-19/h2-15,22-23,30H,16-17H2,1H3. The zero-order valence-electron chi connectivity index (χ0n) is 18.3. The van der Waals surface area contributed by atoms with Gasteiger partial charge < -0.3 is 5.11 Å². The molecule has 0 saturated carbocycles. The Morgan fingerprint density at radius 1 is 0.882 bits per heavy atom. The molecule has 1 atom stereocenters. The molecule has 3 aromatic rings. The fourth-order valence-electron chi connectivity index (χ4n) is 4.72. The van der Waals surface area contributed by atoms with Crippen LogP contribution in [0.5, 0.6) is 0 Å². The van der Waals surface area contributed by atoms with Crippen LogP contribution in [0.15, 0.2) is 89.8 Å². The third-order valence-corrected chi connectivity index (χ3v) is 8.15. The zero-order valence-corrected chi connectivity index (χ0v) is 19.9. The molecule has 1 unspecified atom stereocenters. The van der Waals surface area contributed by atoms with Crippen LogP contribution in [0.2, 0.25) is 0 Å². The predicted molar refractivity (Wildman–Crippen MR) is 127 cm³/mol. The SMILES string of the molecule is CS(=O)(=O)C(c1cccc(SC(F)(F)F)c1)C1(O)CN(C(c2ccccc2)c2ccccc2)C1. The largest absolute Gasteiger partial charge is 0.446 e. The molecule has 1 aliphatic heterocycles. The number of halogens is 3. The third-order valence-electron chi connectivity index (χ3n) is 5.86. The van der Waals surface area contributed by atoms with E-state index in [0.717, 1.165) is 17.4 Å². The first-order chi connectivity index (χ1) is 16.0. The Hall–Kier alpha value is -2.33. The van der Waals surface area contributed by atoms with Gasteiger partial charge >= 0.3 is 5.51 Å². The number of hydrogen-bond acceptors (Lipinski definition) is 5. The van der Waals surface area contributed by atoms with Gasteiger partial charge in [-0.3, -0.25) is 4.90 Å². The molecule has 34 heavy (non-hydrogen) atoms. The van der Waals surface area contributed by atoms with E-state index in [9.17, 15) is 26.7 Å². The summed E-state index contributed by atoms with van der Waals surface area (Å²) in [4.78, 5) is 1.86. The van der Waals surface area contributed by atoms with E-state index in [1.807, 2.05) is 65.6 Å². The van der Waals surface area contributed by atoms with Gasteiger partial charge in [0.05, 0.1) is 6.04 Å². The molecule has 0 spiro atoms. The maximum Gasteiger partial charge on any atom is 0.446 e. The highest BCUT2D eigenvalue weighted by atomic mass is 32.2. The highest BCUT2D eigenvalue weighted by molar-refractivity contribution is 8.00. The van der Waals surface area contributed by atoms with Crippen LogP contribution < -0.4 is 0 Å². The zero-order chi connectivity index (χ0) is 24.6. The molecule has 9 heteroatoms. The van der Waals surface area contributed by atoms with Crippen molar-refractivity contribution in [2.24, 2.45) is 0 Å². The van der Waals surface area contributed by atoms with Crippen LogP contribution in [0, 0.1) is 0 Å². The van der Waals surface area contributed by atoms with Crippen molar-refractivity contribution in [3.63, 3.8) is 0 Å². The van der Waals surface area contributed by atoms with Crippen molar-refractivity contribution in [3.8, 4) is 0 Å². The lowest BCUT2D eigenvalue weighted by Gasteiger charge is -2.53. The lowest BCUT2D eigenvalue weighted by molar-refractivity contribution is -0.112. The monoisotopic (exact) mass is 507 g/mol. The van der Waals surface area contributed by atoms with E-state index in [2.05, 4.69) is 0 Å². The van der Waals surface area contributed by atoms with Crippen molar-refractivity contribution in [2.45, 2.75) is 27.3 Å². The Morgan fingerprint density at radius 3 is 1.85 bits per heavy atom. The van der Waals surface area contributed by atoms with Crippen molar-refractivity contribution in [1.29, 1.82) is 0 Å². The number of sulfone groups is 1. The van der Waals surface area contributed by atoms with Crippen LogP contribution in [-0.2, 0) is 9.84 Å². The number of nitrogens with zero attached hydrogens (tertiary/aromatic N) is 1. The van der Waals surface area contributed by atoms with E-state index in [4.69, 9.17) is 0 Å². The summed E-state index contributed by atoms with van der Waals surface area (Å²) in [7, 11) is -3.84. The molecule has 1 aliphatic rings. The van der Waals surface area contributed by atoms with Gasteiger partial charge in [-0.05, 0) is 40.6 Å². The average molecular weight is 508 g/mol. The quantitative estimate of drug-likeness (QED) is 0.445. The number of aliphatic hydroxyl groups is 1. The molecule has 3 aromatic carbocycles. The van der Waals surface area contributed by atoms with Crippen molar-refractivity contribution < 1.29 is 26.7 Å². The molecule has 1 N–H and O–H groups in total. The number of rotatable bonds is 7. The molecule has 4 rings (SSSR count). The van der Waals surface area contributed by atoms with E-state index in [-0.39, 0.29) is 41.4 Å². The maximum absolute atomic E-state index is 12.9. The topological polar surface area (TPSA) is 57.6 Å². The molecule has 0 aliphatic carbocycles. The summed E-state index contributed by atoms with van der Waals surface area (Å²) in [5.74, 6) is 0. The van der Waals surface area contributed by atoms with Gasteiger partial charge in [0.15, 0.2) is 9.84 Å². The lowest BCUT2D eigenvalue weighted by atomic mass is 9.83. The first-order valence-electron chi connectivity index (χ1n) is 10.6. The van der Waals surface area contributed by atoms with Gasteiger partial charge in [-0.1, -0.05) is 72.8 Å². The number of thioether (sulfide) groups is 1. The van der Waals surface area contributed by atoms with Crippen LogP contribution >= 0.6 is 11.8 Å². The predicted octanol–water partition coefficient (Wildman–Crippen LogP) is 5.22. The van der Waals surface area contributed by atoms with Crippen molar-refractivity contribution in [1.82, 2.24) is 4.90 Å². The minimum Gasteiger partial charge on any atom is -0.385 e. The number of hydrogen-bond donors (Lipinski definition) is 1. The molecule has 0 aromatic heterocycles. The summed E-state index contributed by atoms with van der Waals surface area (Å²) in [6.07, 6.45) is 1.01. The molecule has 180 valence electrons. The van der Waals surface area contributed by atoms with Crippen LogP contribution in [-0.4, -0.2) is 48.9 Å². The van der Waals surface area contributed by atoms with Crippen molar-refractivity contribution >= 4 is 21.6 Å². The number of benzene rings is 3. The first kappa shape index (κ1) is 24.8. The second-order valence-corrected chi connectivity index (χ2v) is 11.8. The molecule has 0 amide bonds. The molecule has 1 heterocycles. The van der Waals surface area contributed by atoms with E-state index in [0.29, 0.717) is 0 Å². The molecule has 0 bridgehead atoms. The lowest BCUT2D eigenvalue weighted by Crippen LogP contribution is -2.66. The Balaban J connectivity index is 1.65. The van der Waals surface area contributed by atoms with Crippen molar-refractivity contribution in [2.75, 3.05) is 19.3 Å². The van der Waals surface area contributed by atoms with E-state index < -0.39 is 26.2 Å². The fraction of sp³-hybridized carbons (Fsp3) is 0.280. The number of β-amino-alcohol motifs (C(OH)–C–C–N with tert-alkyl or cyclic N) is 1. The van der Waals surface area contributed by atoms with Crippen LogP contribution in [0.25, 0.3) is 0 Å². The smallest absolute Gasteiger partial charge is 0.385 e. The Labute approximate surface area is 201 Å². The Kier molecular flexibility index (Phi) is 6.83. The number of alkyl halides is 3. The van der Waals surface area contributed by atoms with Gasteiger partial charge in [0.2, 0.25) is 0 Å². The van der Waals surface area contributed by atoms with Gasteiger partial charge in [-0.15, -0.1) is 0 Å². The molecule has 0 radical (unpaired) electrons. The van der Waals surface area contributed by atoms with Crippen LogP contribution in [0.4, 0.5) is 13.2 Å². The van der Waals surface area contributed by atoms with Gasteiger partial charge in [0.25, 0.3) is 0 Å². The van der Waals surface area contributed by atoms with Gasteiger partial charge in [0.1, 0.15) is 10.9 Å². The molecular formula is C25H24F3NO3S2. The Morgan fingerprint density at radius 2 is 1.38 bits per heavy atom. The normalized spacial score (nSPS) is 17.4. The minimum absolute atomic E-state index is 0.0514. The fourth-order valence-corrected chi connectivity index (χ4v) is 6.92. The molecule has 1 fully saturated rings. The molecule has 4 nitrogen and oxygen atoms in total. The summed E-state index contributed by atoms with van der Waals surface area (Å²) < 4.78 is 64.2. The van der Waals surface area contributed by atoms with Crippen molar-refractivity contribution in [3.05, 3.63) is 102 Å². The van der Waals surface area contributed by atoms with Gasteiger partial charge in [0, 0.05) is 24.2 Å². The van der Waals surface area contributed by atoms with Gasteiger partial charge in [-0.2, -0.15) is 13.2 Å². The van der Waals surface area contributed by atoms with E-state index >= 15 is 0 Å². The maximum atomic E-state index is 12.9.